The van der Waals surface area contributed by atoms with Crippen molar-refractivity contribution in [3.63, 3.8) is 0 Å². The minimum absolute atomic E-state index is 0.0708. The molecule has 0 saturated carbocycles. The fourth-order valence-electron chi connectivity index (χ4n) is 4.44. The second-order valence-corrected chi connectivity index (χ2v) is 8.84. The quantitative estimate of drug-likeness (QED) is 0.864. The monoisotopic (exact) mass is 381 g/mol. The van der Waals surface area contributed by atoms with E-state index < -0.39 is 11.9 Å². The Bertz CT molecular complexity index is 884. The fourth-order valence-corrected chi connectivity index (χ4v) is 4.44. The van der Waals surface area contributed by atoms with Crippen LogP contribution in [-0.4, -0.2) is 36.4 Å². The molecule has 3 unspecified atom stereocenters. The first-order valence-corrected chi connectivity index (χ1v) is 9.69. The summed E-state index contributed by atoms with van der Waals surface area (Å²) in [5, 5.41) is 10.1. The van der Waals surface area contributed by atoms with Crippen LogP contribution in [0.1, 0.15) is 49.4 Å². The number of nitrogens with zero attached hydrogens (tertiary/aromatic N) is 1. The Kier molecular flexibility index (Phi) is 4.58. The van der Waals surface area contributed by atoms with Gasteiger partial charge in [-0.15, -0.1) is 0 Å². The van der Waals surface area contributed by atoms with Gasteiger partial charge in [0.25, 0.3) is 0 Å². The van der Waals surface area contributed by atoms with Crippen molar-refractivity contribution in [2.75, 3.05) is 20.4 Å². The van der Waals surface area contributed by atoms with Crippen molar-refractivity contribution in [3.8, 4) is 11.5 Å². The summed E-state index contributed by atoms with van der Waals surface area (Å²) in [6.07, 6.45) is 0. The maximum Gasteiger partial charge on any atom is 0.309 e. The molecule has 148 valence electrons. The molecule has 5 nitrogen and oxygen atoms in total. The van der Waals surface area contributed by atoms with E-state index in [9.17, 15) is 9.90 Å². The molecule has 4 rings (SSSR count). The number of hydrogen-bond acceptors (Lipinski definition) is 4. The third-order valence-electron chi connectivity index (χ3n) is 5.96. The van der Waals surface area contributed by atoms with Crippen LogP contribution in [0.2, 0.25) is 0 Å². The Hall–Kier alpha value is -2.53. The summed E-state index contributed by atoms with van der Waals surface area (Å²) in [5.74, 6) is 0.0191. The van der Waals surface area contributed by atoms with E-state index in [1.807, 2.05) is 25.2 Å². The first-order valence-electron chi connectivity index (χ1n) is 9.69. The van der Waals surface area contributed by atoms with E-state index in [0.29, 0.717) is 12.3 Å². The normalized spacial score (nSPS) is 24.5. The van der Waals surface area contributed by atoms with Crippen molar-refractivity contribution in [1.82, 2.24) is 4.90 Å². The predicted octanol–water partition coefficient (Wildman–Crippen LogP) is 4.18. The van der Waals surface area contributed by atoms with E-state index >= 15 is 0 Å². The molecule has 2 aliphatic rings. The van der Waals surface area contributed by atoms with Gasteiger partial charge in [0.2, 0.25) is 6.79 Å². The van der Waals surface area contributed by atoms with Crippen molar-refractivity contribution >= 4 is 5.97 Å². The Morgan fingerprint density at radius 3 is 2.32 bits per heavy atom. The molecule has 0 spiro atoms. The molecule has 0 bridgehead atoms. The highest BCUT2D eigenvalue weighted by atomic mass is 16.7. The second-order valence-electron chi connectivity index (χ2n) is 8.84. The van der Waals surface area contributed by atoms with E-state index in [1.165, 1.54) is 5.56 Å². The highest BCUT2D eigenvalue weighted by molar-refractivity contribution is 5.74. The van der Waals surface area contributed by atoms with Gasteiger partial charge in [-0.25, -0.2) is 0 Å². The molecular weight excluding hydrogens is 354 g/mol. The molecule has 2 aromatic rings. The highest BCUT2D eigenvalue weighted by Gasteiger charge is 2.46. The number of aliphatic carboxylic acids is 1. The third-order valence-corrected chi connectivity index (χ3v) is 5.96. The predicted molar refractivity (Wildman–Crippen MR) is 107 cm³/mol. The maximum atomic E-state index is 12.3. The van der Waals surface area contributed by atoms with Crippen molar-refractivity contribution < 1.29 is 19.4 Å². The van der Waals surface area contributed by atoms with Crippen LogP contribution in [0.5, 0.6) is 11.5 Å². The van der Waals surface area contributed by atoms with Crippen LogP contribution < -0.4 is 9.47 Å². The van der Waals surface area contributed by atoms with Gasteiger partial charge in [0.15, 0.2) is 11.5 Å². The van der Waals surface area contributed by atoms with E-state index in [1.54, 1.807) is 0 Å². The molecule has 28 heavy (non-hydrogen) atoms. The summed E-state index contributed by atoms with van der Waals surface area (Å²) in [7, 11) is 2.01. The number of carboxylic acid groups (broad SMARTS) is 1. The Labute approximate surface area is 165 Å². The van der Waals surface area contributed by atoms with Crippen LogP contribution in [0.25, 0.3) is 0 Å². The van der Waals surface area contributed by atoms with Gasteiger partial charge in [-0.3, -0.25) is 9.69 Å². The zero-order valence-corrected chi connectivity index (χ0v) is 16.8. The van der Waals surface area contributed by atoms with Crippen molar-refractivity contribution in [1.29, 1.82) is 0 Å². The summed E-state index contributed by atoms with van der Waals surface area (Å²) in [4.78, 5) is 14.4. The number of carbonyl (C=O) groups is 1. The molecule has 1 N–H and O–H groups in total. The maximum absolute atomic E-state index is 12.3. The lowest BCUT2D eigenvalue weighted by Gasteiger charge is -2.26. The Morgan fingerprint density at radius 1 is 1.04 bits per heavy atom. The molecule has 0 aromatic heterocycles. The standard InChI is InChI=1S/C23H27NO4/c1-23(2,3)16-8-5-14(6-9-16)21-20(22(25)26)17(12-24(21)4)15-7-10-18-19(11-15)28-13-27-18/h5-11,17,20-21H,12-13H2,1-4H3,(H,25,26). The lowest BCUT2D eigenvalue weighted by molar-refractivity contribution is -0.143. The largest absolute Gasteiger partial charge is 0.481 e. The van der Waals surface area contributed by atoms with Gasteiger partial charge in [-0.05, 0) is 41.3 Å². The van der Waals surface area contributed by atoms with Crippen LogP contribution in [0.3, 0.4) is 0 Å². The third kappa shape index (κ3) is 3.24. The van der Waals surface area contributed by atoms with Crippen LogP contribution in [0, 0.1) is 5.92 Å². The highest BCUT2D eigenvalue weighted by Crippen LogP contribution is 2.47. The van der Waals surface area contributed by atoms with Gasteiger partial charge < -0.3 is 14.6 Å². The van der Waals surface area contributed by atoms with Crippen LogP contribution in [0.15, 0.2) is 42.5 Å². The molecule has 0 amide bonds. The van der Waals surface area contributed by atoms with Crippen molar-refractivity contribution in [3.05, 3.63) is 59.2 Å². The smallest absolute Gasteiger partial charge is 0.309 e. The molecule has 0 radical (unpaired) electrons. The summed E-state index contributed by atoms with van der Waals surface area (Å²) in [6, 6.07) is 14.0. The number of rotatable bonds is 3. The zero-order valence-electron chi connectivity index (χ0n) is 16.8. The zero-order chi connectivity index (χ0) is 20.1. The summed E-state index contributed by atoms with van der Waals surface area (Å²) in [5.41, 5.74) is 3.35. The molecule has 1 saturated heterocycles. The topological polar surface area (TPSA) is 59.0 Å². The van der Waals surface area contributed by atoms with Gasteiger partial charge in [0, 0.05) is 18.5 Å². The SMILES string of the molecule is CN1CC(c2ccc3c(c2)OCO3)C(C(=O)O)C1c1ccc(C(C)(C)C)cc1. The number of ether oxygens (including phenoxy) is 2. The van der Waals surface area contributed by atoms with E-state index in [2.05, 4.69) is 49.9 Å². The van der Waals surface area contributed by atoms with Gasteiger partial charge >= 0.3 is 5.97 Å². The van der Waals surface area contributed by atoms with Crippen molar-refractivity contribution in [2.24, 2.45) is 5.92 Å². The number of hydrogen-bond donors (Lipinski definition) is 1. The van der Waals surface area contributed by atoms with E-state index in [0.717, 1.165) is 16.9 Å². The minimum Gasteiger partial charge on any atom is -0.481 e. The first-order chi connectivity index (χ1) is 13.3. The average Bonchev–Trinajstić information content (AvgIpc) is 3.24. The van der Waals surface area contributed by atoms with Crippen molar-refractivity contribution in [2.45, 2.75) is 38.1 Å². The molecule has 5 heteroatoms. The molecule has 0 aliphatic carbocycles. The van der Waals surface area contributed by atoms with Gasteiger partial charge in [0.1, 0.15) is 0 Å². The molecule has 2 aromatic carbocycles. The van der Waals surface area contributed by atoms with Crippen LogP contribution >= 0.6 is 0 Å². The van der Waals surface area contributed by atoms with Crippen LogP contribution in [0.4, 0.5) is 0 Å². The van der Waals surface area contributed by atoms with E-state index in [-0.39, 0.29) is 24.2 Å². The molecular formula is C23H27NO4. The molecule has 2 heterocycles. The number of fused-ring (bicyclic) bond motifs is 1. The minimum atomic E-state index is -0.767. The summed E-state index contributed by atoms with van der Waals surface area (Å²) >= 11 is 0. The Balaban J connectivity index is 1.68. The number of likely N-dealkylation sites (tertiary alicyclic amines) is 1. The molecule has 3 atom stereocenters. The number of carboxylic acids is 1. The lowest BCUT2D eigenvalue weighted by Crippen LogP contribution is -2.26. The lowest BCUT2D eigenvalue weighted by atomic mass is 9.81. The summed E-state index contributed by atoms with van der Waals surface area (Å²) in [6.45, 7) is 7.44. The average molecular weight is 381 g/mol. The van der Waals surface area contributed by atoms with Gasteiger partial charge in [0.05, 0.1) is 5.92 Å². The van der Waals surface area contributed by atoms with E-state index in [4.69, 9.17) is 9.47 Å². The number of likely N-dealkylation sites (N-methyl/N-ethyl adjacent to an activating group) is 1. The Morgan fingerprint density at radius 2 is 1.68 bits per heavy atom. The fraction of sp³-hybridized carbons (Fsp3) is 0.435. The number of benzene rings is 2. The molecule has 1 fully saturated rings. The van der Waals surface area contributed by atoms with Gasteiger partial charge in [-0.2, -0.15) is 0 Å². The van der Waals surface area contributed by atoms with Crippen LogP contribution in [-0.2, 0) is 10.2 Å². The molecule has 2 aliphatic heterocycles. The second kappa shape index (κ2) is 6.82. The van der Waals surface area contributed by atoms with Gasteiger partial charge in [-0.1, -0.05) is 51.1 Å². The first kappa shape index (κ1) is 18.8. The summed E-state index contributed by atoms with van der Waals surface area (Å²) < 4.78 is 10.9.